The van der Waals surface area contributed by atoms with Crippen molar-refractivity contribution in [2.24, 2.45) is 7.05 Å². The van der Waals surface area contributed by atoms with E-state index in [9.17, 15) is 0 Å². The first kappa shape index (κ1) is 12.4. The Hall–Kier alpha value is -1.59. The fourth-order valence-corrected chi connectivity index (χ4v) is 3.07. The number of aromatic nitrogens is 3. The van der Waals surface area contributed by atoms with Gasteiger partial charge in [-0.2, -0.15) is 0 Å². The Labute approximate surface area is 120 Å². The molecule has 0 aliphatic heterocycles. The fourth-order valence-electron chi connectivity index (χ4n) is 2.38. The summed E-state index contributed by atoms with van der Waals surface area (Å²) in [4.78, 5) is 7.87. The third-order valence-corrected chi connectivity index (χ3v) is 3.88. The Bertz CT molecular complexity index is 726. The second-order valence-corrected chi connectivity index (χ2v) is 5.26. The predicted octanol–water partition coefficient (Wildman–Crippen LogP) is 3.05. The minimum atomic E-state index is 0.747. The van der Waals surface area contributed by atoms with Gasteiger partial charge < -0.3 is 14.9 Å². The number of nitrogens with one attached hydrogen (secondary N) is 2. The summed E-state index contributed by atoms with van der Waals surface area (Å²) in [5, 5.41) is 4.35. The number of aromatic amines is 1. The third-order valence-electron chi connectivity index (χ3n) is 3.32. The highest BCUT2D eigenvalue weighted by molar-refractivity contribution is 9.10. The zero-order chi connectivity index (χ0) is 13.4. The average molecular weight is 319 g/mol. The van der Waals surface area contributed by atoms with E-state index in [2.05, 4.69) is 54.0 Å². The van der Waals surface area contributed by atoms with E-state index < -0.39 is 0 Å². The maximum Gasteiger partial charge on any atom is 0.132 e. The van der Waals surface area contributed by atoms with Gasteiger partial charge in [-0.15, -0.1) is 0 Å². The lowest BCUT2D eigenvalue weighted by atomic mass is 10.1. The molecule has 2 heterocycles. The summed E-state index contributed by atoms with van der Waals surface area (Å²) in [7, 11) is 3.97. The molecule has 3 rings (SSSR count). The molecule has 0 bridgehead atoms. The number of halogens is 1. The number of nitrogens with zero attached hydrogens (tertiary/aromatic N) is 2. The van der Waals surface area contributed by atoms with E-state index in [0.717, 1.165) is 28.2 Å². The molecule has 4 nitrogen and oxygen atoms in total. The molecule has 0 aliphatic rings. The summed E-state index contributed by atoms with van der Waals surface area (Å²) < 4.78 is 3.00. The van der Waals surface area contributed by atoms with Crippen LogP contribution in [0.3, 0.4) is 0 Å². The molecule has 0 amide bonds. The van der Waals surface area contributed by atoms with Crippen LogP contribution in [0.2, 0.25) is 0 Å². The summed E-state index contributed by atoms with van der Waals surface area (Å²) in [6.45, 7) is 0.747. The van der Waals surface area contributed by atoms with Crippen molar-refractivity contribution in [1.82, 2.24) is 19.9 Å². The largest absolute Gasteiger partial charge is 0.360 e. The quantitative estimate of drug-likeness (QED) is 0.779. The number of rotatable bonds is 3. The summed E-state index contributed by atoms with van der Waals surface area (Å²) >= 11 is 3.57. The number of benzene rings is 1. The Balaban J connectivity index is 2.21. The standard InChI is InChI=1S/C14H15BrN4/c1-16-8-12-18-14(15)13(19(12)2)10-7-17-11-6-4-3-5-9(10)11/h3-7,16-17H,8H2,1-2H3. The van der Waals surface area contributed by atoms with Gasteiger partial charge in [-0.05, 0) is 29.0 Å². The molecule has 19 heavy (non-hydrogen) atoms. The summed E-state index contributed by atoms with van der Waals surface area (Å²) in [5.74, 6) is 1.01. The molecular formula is C14H15BrN4. The van der Waals surface area contributed by atoms with Crippen LogP contribution in [0.25, 0.3) is 22.2 Å². The molecule has 0 spiro atoms. The molecule has 0 saturated heterocycles. The molecule has 2 N–H and O–H groups in total. The number of H-pyrrole nitrogens is 1. The van der Waals surface area contributed by atoms with E-state index in [1.165, 1.54) is 10.9 Å². The van der Waals surface area contributed by atoms with Gasteiger partial charge in [0.25, 0.3) is 0 Å². The lowest BCUT2D eigenvalue weighted by Crippen LogP contribution is -2.10. The highest BCUT2D eigenvalue weighted by Gasteiger charge is 2.16. The normalized spacial score (nSPS) is 11.3. The Kier molecular flexibility index (Phi) is 3.16. The second kappa shape index (κ2) is 4.83. The van der Waals surface area contributed by atoms with Crippen LogP contribution in [0.5, 0.6) is 0 Å². The van der Waals surface area contributed by atoms with Crippen LogP contribution in [0.4, 0.5) is 0 Å². The molecular weight excluding hydrogens is 304 g/mol. The summed E-state index contributed by atoms with van der Waals surface area (Å²) in [6.07, 6.45) is 2.04. The third kappa shape index (κ3) is 1.99. The number of hydrogen-bond acceptors (Lipinski definition) is 2. The molecule has 0 atom stereocenters. The maximum atomic E-state index is 4.57. The minimum absolute atomic E-state index is 0.747. The highest BCUT2D eigenvalue weighted by Crippen LogP contribution is 2.33. The maximum absolute atomic E-state index is 4.57. The van der Waals surface area contributed by atoms with Crippen molar-refractivity contribution < 1.29 is 0 Å². The van der Waals surface area contributed by atoms with Crippen LogP contribution >= 0.6 is 15.9 Å². The van der Waals surface area contributed by atoms with Crippen molar-refractivity contribution >= 4 is 26.8 Å². The van der Waals surface area contributed by atoms with Gasteiger partial charge in [0, 0.05) is 29.7 Å². The van der Waals surface area contributed by atoms with Crippen molar-refractivity contribution in [3.05, 3.63) is 40.9 Å². The summed E-state index contributed by atoms with van der Waals surface area (Å²) in [6, 6.07) is 8.29. The Morgan fingerprint density at radius 2 is 2.16 bits per heavy atom. The number of para-hydroxylation sites is 1. The van der Waals surface area contributed by atoms with Crippen LogP contribution in [0.15, 0.2) is 35.1 Å². The van der Waals surface area contributed by atoms with Gasteiger partial charge in [0.15, 0.2) is 0 Å². The topological polar surface area (TPSA) is 45.6 Å². The monoisotopic (exact) mass is 318 g/mol. The van der Waals surface area contributed by atoms with E-state index in [4.69, 9.17) is 0 Å². The molecule has 0 unspecified atom stereocenters. The fraction of sp³-hybridized carbons (Fsp3) is 0.214. The van der Waals surface area contributed by atoms with E-state index >= 15 is 0 Å². The van der Waals surface area contributed by atoms with Gasteiger partial charge in [0.2, 0.25) is 0 Å². The van der Waals surface area contributed by atoms with Crippen LogP contribution in [-0.4, -0.2) is 21.6 Å². The zero-order valence-electron chi connectivity index (χ0n) is 10.9. The summed E-state index contributed by atoms with van der Waals surface area (Å²) in [5.41, 5.74) is 3.41. The molecule has 5 heteroatoms. The number of imidazole rings is 1. The van der Waals surface area contributed by atoms with Crippen LogP contribution < -0.4 is 5.32 Å². The number of fused-ring (bicyclic) bond motifs is 1. The molecule has 0 radical (unpaired) electrons. The lowest BCUT2D eigenvalue weighted by molar-refractivity contribution is 0.712. The van der Waals surface area contributed by atoms with Crippen molar-refractivity contribution in [3.63, 3.8) is 0 Å². The van der Waals surface area contributed by atoms with Crippen LogP contribution in [-0.2, 0) is 13.6 Å². The second-order valence-electron chi connectivity index (χ2n) is 4.50. The molecule has 0 fully saturated rings. The van der Waals surface area contributed by atoms with E-state index in [1.807, 2.05) is 26.4 Å². The van der Waals surface area contributed by atoms with Gasteiger partial charge in [-0.1, -0.05) is 18.2 Å². The first-order valence-corrected chi connectivity index (χ1v) is 6.94. The first-order valence-electron chi connectivity index (χ1n) is 6.14. The van der Waals surface area contributed by atoms with Crippen molar-refractivity contribution in [1.29, 1.82) is 0 Å². The smallest absolute Gasteiger partial charge is 0.132 e. The van der Waals surface area contributed by atoms with Gasteiger partial charge in [-0.25, -0.2) is 4.98 Å². The van der Waals surface area contributed by atoms with Gasteiger partial charge in [0.05, 0.1) is 12.2 Å². The SMILES string of the molecule is CNCc1nc(Br)c(-c2c[nH]c3ccccc23)n1C. The van der Waals surface area contributed by atoms with Crippen molar-refractivity contribution in [2.75, 3.05) is 7.05 Å². The zero-order valence-corrected chi connectivity index (χ0v) is 12.5. The van der Waals surface area contributed by atoms with E-state index in [-0.39, 0.29) is 0 Å². The first-order chi connectivity index (χ1) is 9.22. The average Bonchev–Trinajstić information content (AvgIpc) is 2.93. The van der Waals surface area contributed by atoms with E-state index in [1.54, 1.807) is 0 Å². The van der Waals surface area contributed by atoms with E-state index in [0.29, 0.717) is 0 Å². The van der Waals surface area contributed by atoms with Gasteiger partial charge in [0.1, 0.15) is 10.4 Å². The van der Waals surface area contributed by atoms with Crippen molar-refractivity contribution in [2.45, 2.75) is 6.54 Å². The Morgan fingerprint density at radius 3 is 2.95 bits per heavy atom. The molecule has 3 aromatic rings. The van der Waals surface area contributed by atoms with Crippen molar-refractivity contribution in [3.8, 4) is 11.3 Å². The molecule has 2 aromatic heterocycles. The van der Waals surface area contributed by atoms with Crippen LogP contribution in [0, 0.1) is 0 Å². The molecule has 0 aliphatic carbocycles. The van der Waals surface area contributed by atoms with Gasteiger partial charge >= 0.3 is 0 Å². The van der Waals surface area contributed by atoms with Crippen LogP contribution in [0.1, 0.15) is 5.82 Å². The highest BCUT2D eigenvalue weighted by atomic mass is 79.9. The minimum Gasteiger partial charge on any atom is -0.360 e. The van der Waals surface area contributed by atoms with Gasteiger partial charge in [-0.3, -0.25) is 0 Å². The lowest BCUT2D eigenvalue weighted by Gasteiger charge is -2.05. The molecule has 98 valence electrons. The number of hydrogen-bond donors (Lipinski definition) is 2. The molecule has 0 saturated carbocycles. The predicted molar refractivity (Wildman–Crippen MR) is 81.0 cm³/mol. The Morgan fingerprint density at radius 1 is 1.37 bits per heavy atom. The molecule has 1 aromatic carbocycles.